The van der Waals surface area contributed by atoms with Crippen LogP contribution in [0.4, 0.5) is 0 Å². The van der Waals surface area contributed by atoms with Gasteiger partial charge < -0.3 is 23.4 Å². The molecule has 8 nitrogen and oxygen atoms in total. The number of esters is 1. The average molecular weight is 466 g/mol. The van der Waals surface area contributed by atoms with Crippen molar-refractivity contribution in [2.75, 3.05) is 27.9 Å². The molecule has 0 spiro atoms. The highest BCUT2D eigenvalue weighted by Gasteiger charge is 2.20. The highest BCUT2D eigenvalue weighted by molar-refractivity contribution is 5.89. The summed E-state index contributed by atoms with van der Waals surface area (Å²) in [5, 5.41) is 0. The Kier molecular flexibility index (Phi) is 7.18. The molecular weight excluding hydrogens is 438 g/mol. The summed E-state index contributed by atoms with van der Waals surface area (Å²) in [7, 11) is 4.59. The van der Waals surface area contributed by atoms with Gasteiger partial charge in [0.1, 0.15) is 18.6 Å². The Balaban J connectivity index is 1.39. The topological polar surface area (TPSA) is 87.4 Å². The van der Waals surface area contributed by atoms with Crippen molar-refractivity contribution < 1.29 is 28.2 Å². The van der Waals surface area contributed by atoms with E-state index in [0.29, 0.717) is 30.2 Å². The zero-order valence-electron chi connectivity index (χ0n) is 19.5. The number of hydrogen-bond donors (Lipinski definition) is 0. The second-order valence-electron chi connectivity index (χ2n) is 7.99. The van der Waals surface area contributed by atoms with Gasteiger partial charge >= 0.3 is 5.97 Å². The van der Waals surface area contributed by atoms with E-state index < -0.39 is 5.97 Å². The summed E-state index contributed by atoms with van der Waals surface area (Å²) in [5.41, 5.74) is 3.31. The van der Waals surface area contributed by atoms with Gasteiger partial charge in [0.05, 0.1) is 33.4 Å². The number of rotatable bonds is 8. The van der Waals surface area contributed by atoms with Gasteiger partial charge in [0.2, 0.25) is 11.2 Å². The molecule has 0 radical (unpaired) electrons. The van der Waals surface area contributed by atoms with Gasteiger partial charge in [-0.1, -0.05) is 12.1 Å². The number of carbonyl (C=O) groups is 1. The zero-order chi connectivity index (χ0) is 24.1. The molecule has 2 heterocycles. The molecule has 1 aliphatic rings. The van der Waals surface area contributed by atoms with Gasteiger partial charge in [0.25, 0.3) is 0 Å². The largest absolute Gasteiger partial charge is 0.493 e. The standard InChI is InChI=1S/C26H27NO7/c1-30-23-10-18-7-8-27(13-20(18)11-24(23)31-2)14-21-12-22(28)25(16-33-21)34-15-17-5-4-6-19(9-17)26(29)32-3/h4-6,9-12,16H,7-8,13-15H2,1-3H3. The third-order valence-electron chi connectivity index (χ3n) is 5.77. The summed E-state index contributed by atoms with van der Waals surface area (Å²) in [6.07, 6.45) is 2.21. The molecule has 0 amide bonds. The molecule has 0 unspecified atom stereocenters. The molecule has 1 aliphatic heterocycles. The first-order chi connectivity index (χ1) is 16.5. The summed E-state index contributed by atoms with van der Waals surface area (Å²) in [6, 6.07) is 12.4. The van der Waals surface area contributed by atoms with E-state index in [1.54, 1.807) is 38.5 Å². The molecule has 2 aromatic carbocycles. The quantitative estimate of drug-likeness (QED) is 0.467. The number of nitrogens with zero attached hydrogens (tertiary/aromatic N) is 1. The van der Waals surface area contributed by atoms with Crippen LogP contribution in [0.1, 0.15) is 32.8 Å². The molecule has 0 fully saturated rings. The molecule has 0 bridgehead atoms. The molecule has 0 atom stereocenters. The first-order valence-corrected chi connectivity index (χ1v) is 10.9. The lowest BCUT2D eigenvalue weighted by Crippen LogP contribution is -2.30. The van der Waals surface area contributed by atoms with Gasteiger partial charge in [-0.25, -0.2) is 4.79 Å². The third kappa shape index (κ3) is 5.23. The van der Waals surface area contributed by atoms with E-state index in [2.05, 4.69) is 4.90 Å². The maximum absolute atomic E-state index is 12.6. The Morgan fingerprint density at radius 2 is 1.76 bits per heavy atom. The Morgan fingerprint density at radius 1 is 1.00 bits per heavy atom. The second-order valence-corrected chi connectivity index (χ2v) is 7.99. The molecule has 4 rings (SSSR count). The van der Waals surface area contributed by atoms with Crippen molar-refractivity contribution in [1.82, 2.24) is 4.90 Å². The first kappa shape index (κ1) is 23.4. The van der Waals surface area contributed by atoms with Crippen LogP contribution in [0, 0.1) is 0 Å². The lowest BCUT2D eigenvalue weighted by Gasteiger charge is -2.29. The number of benzene rings is 2. The van der Waals surface area contributed by atoms with Crippen LogP contribution in [0.15, 0.2) is 57.9 Å². The summed E-state index contributed by atoms with van der Waals surface area (Å²) < 4.78 is 26.9. The smallest absolute Gasteiger partial charge is 0.337 e. The summed E-state index contributed by atoms with van der Waals surface area (Å²) >= 11 is 0. The fourth-order valence-electron chi connectivity index (χ4n) is 3.99. The Hall–Kier alpha value is -3.78. The second kappa shape index (κ2) is 10.4. The Morgan fingerprint density at radius 3 is 2.47 bits per heavy atom. The van der Waals surface area contributed by atoms with E-state index in [1.807, 2.05) is 12.1 Å². The van der Waals surface area contributed by atoms with Crippen molar-refractivity contribution in [1.29, 1.82) is 0 Å². The average Bonchev–Trinajstić information content (AvgIpc) is 2.87. The number of ether oxygens (including phenoxy) is 4. The molecule has 1 aromatic heterocycles. The summed E-state index contributed by atoms with van der Waals surface area (Å²) in [5.74, 6) is 1.69. The van der Waals surface area contributed by atoms with E-state index >= 15 is 0 Å². The molecule has 0 saturated heterocycles. The monoisotopic (exact) mass is 465 g/mol. The molecule has 3 aromatic rings. The lowest BCUT2D eigenvalue weighted by atomic mass is 9.98. The van der Waals surface area contributed by atoms with Crippen LogP contribution in [0.2, 0.25) is 0 Å². The van der Waals surface area contributed by atoms with E-state index in [9.17, 15) is 9.59 Å². The van der Waals surface area contributed by atoms with Crippen LogP contribution in [0.5, 0.6) is 17.2 Å². The highest BCUT2D eigenvalue weighted by atomic mass is 16.5. The van der Waals surface area contributed by atoms with Gasteiger partial charge in [-0.05, 0) is 47.4 Å². The number of hydrogen-bond acceptors (Lipinski definition) is 8. The Labute approximate surface area is 197 Å². The normalized spacial score (nSPS) is 13.1. The van der Waals surface area contributed by atoms with Gasteiger partial charge in [-0.2, -0.15) is 0 Å². The van der Waals surface area contributed by atoms with Crippen molar-refractivity contribution in [2.45, 2.75) is 26.1 Å². The molecule has 8 heteroatoms. The molecular formula is C26H27NO7. The highest BCUT2D eigenvalue weighted by Crippen LogP contribution is 2.33. The van der Waals surface area contributed by atoms with Gasteiger partial charge in [0, 0.05) is 19.2 Å². The van der Waals surface area contributed by atoms with Crippen LogP contribution in [-0.4, -0.2) is 38.7 Å². The van der Waals surface area contributed by atoms with Crippen molar-refractivity contribution in [3.8, 4) is 17.2 Å². The molecule has 178 valence electrons. The van der Waals surface area contributed by atoms with Gasteiger partial charge in [-0.15, -0.1) is 0 Å². The van der Waals surface area contributed by atoms with Crippen LogP contribution >= 0.6 is 0 Å². The number of carbonyl (C=O) groups excluding carboxylic acids is 1. The third-order valence-corrected chi connectivity index (χ3v) is 5.77. The van der Waals surface area contributed by atoms with Crippen LogP contribution in [0.25, 0.3) is 0 Å². The fraction of sp³-hybridized carbons (Fsp3) is 0.308. The van der Waals surface area contributed by atoms with Crippen molar-refractivity contribution in [3.63, 3.8) is 0 Å². The minimum absolute atomic E-state index is 0.119. The summed E-state index contributed by atoms with van der Waals surface area (Å²) in [4.78, 5) is 26.5. The van der Waals surface area contributed by atoms with Crippen molar-refractivity contribution >= 4 is 5.97 Å². The Bertz CT molecular complexity index is 1230. The van der Waals surface area contributed by atoms with E-state index in [-0.39, 0.29) is 17.8 Å². The van der Waals surface area contributed by atoms with E-state index in [0.717, 1.165) is 24.3 Å². The van der Waals surface area contributed by atoms with Gasteiger partial charge in [-0.3, -0.25) is 9.69 Å². The predicted molar refractivity (Wildman–Crippen MR) is 124 cm³/mol. The molecule has 34 heavy (non-hydrogen) atoms. The maximum atomic E-state index is 12.6. The number of methoxy groups -OCH3 is 3. The van der Waals surface area contributed by atoms with Crippen LogP contribution in [0.3, 0.4) is 0 Å². The molecule has 0 saturated carbocycles. The minimum atomic E-state index is -0.427. The van der Waals surface area contributed by atoms with Crippen LogP contribution in [-0.2, 0) is 30.9 Å². The van der Waals surface area contributed by atoms with Crippen molar-refractivity contribution in [2.24, 2.45) is 0 Å². The molecule has 0 aliphatic carbocycles. The minimum Gasteiger partial charge on any atom is -0.493 e. The molecule has 0 N–H and O–H groups in total. The SMILES string of the molecule is COC(=O)c1cccc(COc2coc(CN3CCc4cc(OC)c(OC)cc4C3)cc2=O)c1. The zero-order valence-corrected chi connectivity index (χ0v) is 19.5. The predicted octanol–water partition coefficient (Wildman–Crippen LogP) is 3.58. The fourth-order valence-corrected chi connectivity index (χ4v) is 3.99. The summed E-state index contributed by atoms with van der Waals surface area (Å²) in [6.45, 7) is 2.18. The number of fused-ring (bicyclic) bond motifs is 1. The van der Waals surface area contributed by atoms with E-state index in [4.69, 9.17) is 23.4 Å². The first-order valence-electron chi connectivity index (χ1n) is 10.9. The van der Waals surface area contributed by atoms with Crippen LogP contribution < -0.4 is 19.6 Å². The van der Waals surface area contributed by atoms with Crippen molar-refractivity contribution in [3.05, 3.63) is 87.0 Å². The maximum Gasteiger partial charge on any atom is 0.337 e. The van der Waals surface area contributed by atoms with Gasteiger partial charge in [0.15, 0.2) is 11.5 Å². The lowest BCUT2D eigenvalue weighted by molar-refractivity contribution is 0.0600. The van der Waals surface area contributed by atoms with E-state index in [1.165, 1.54) is 30.6 Å².